The van der Waals surface area contributed by atoms with Gasteiger partial charge in [0.25, 0.3) is 0 Å². The first-order valence-corrected chi connectivity index (χ1v) is 4.59. The van der Waals surface area contributed by atoms with Gasteiger partial charge in [-0.25, -0.2) is 0 Å². The molecule has 0 aliphatic heterocycles. The number of nitrogens with zero attached hydrogens (tertiary/aromatic N) is 3. The Morgan fingerprint density at radius 1 is 1.50 bits per heavy atom. The lowest BCUT2D eigenvalue weighted by Gasteiger charge is -2.05. The molecule has 1 heterocycles. The highest BCUT2D eigenvalue weighted by atomic mass is 35.5. The van der Waals surface area contributed by atoms with Crippen molar-refractivity contribution in [1.29, 1.82) is 0 Å². The van der Waals surface area contributed by atoms with Crippen LogP contribution in [0.1, 0.15) is 18.6 Å². The van der Waals surface area contributed by atoms with Crippen LogP contribution in [0.3, 0.4) is 0 Å². The van der Waals surface area contributed by atoms with Gasteiger partial charge in [0.1, 0.15) is 11.6 Å². The minimum absolute atomic E-state index is 0.467. The predicted molar refractivity (Wildman–Crippen MR) is 49.3 cm³/mol. The second kappa shape index (κ2) is 3.90. The summed E-state index contributed by atoms with van der Waals surface area (Å²) in [4.78, 5) is 0. The molecule has 12 heavy (non-hydrogen) atoms. The van der Waals surface area contributed by atoms with E-state index < -0.39 is 0 Å². The molecule has 1 aromatic rings. The van der Waals surface area contributed by atoms with Crippen molar-refractivity contribution < 1.29 is 0 Å². The molecule has 0 aromatic carbocycles. The van der Waals surface area contributed by atoms with E-state index in [4.69, 9.17) is 11.6 Å². The van der Waals surface area contributed by atoms with Gasteiger partial charge < -0.3 is 4.57 Å². The van der Waals surface area contributed by atoms with E-state index in [2.05, 4.69) is 17.1 Å². The van der Waals surface area contributed by atoms with E-state index in [0.717, 1.165) is 18.1 Å². The van der Waals surface area contributed by atoms with Crippen LogP contribution in [0.4, 0.5) is 0 Å². The molecule has 1 aromatic heterocycles. The van der Waals surface area contributed by atoms with Crippen LogP contribution in [-0.4, -0.2) is 20.6 Å². The van der Waals surface area contributed by atoms with Gasteiger partial charge in [-0.15, -0.1) is 21.8 Å². The molecule has 0 radical (unpaired) electrons. The summed E-state index contributed by atoms with van der Waals surface area (Å²) in [5, 5.41) is 8.03. The summed E-state index contributed by atoms with van der Waals surface area (Å²) in [6, 6.07) is 0. The van der Waals surface area contributed by atoms with Crippen molar-refractivity contribution in [3.8, 4) is 0 Å². The lowest BCUT2D eigenvalue weighted by Crippen LogP contribution is -2.07. The lowest BCUT2D eigenvalue weighted by atomic mass is 10.1. The van der Waals surface area contributed by atoms with Gasteiger partial charge in [-0.05, 0) is 12.8 Å². The first kappa shape index (κ1) is 9.52. The average Bonchev–Trinajstić information content (AvgIpc) is 2.36. The Balaban J connectivity index is 2.69. The maximum Gasteiger partial charge on any atom is 0.133 e. The highest BCUT2D eigenvalue weighted by Gasteiger charge is 2.08. The maximum absolute atomic E-state index is 5.70. The van der Waals surface area contributed by atoms with Crippen molar-refractivity contribution in [2.75, 3.05) is 5.88 Å². The largest absolute Gasteiger partial charge is 0.318 e. The highest BCUT2D eigenvalue weighted by molar-refractivity contribution is 6.18. The van der Waals surface area contributed by atoms with E-state index in [0.29, 0.717) is 11.8 Å². The Kier molecular flexibility index (Phi) is 3.09. The summed E-state index contributed by atoms with van der Waals surface area (Å²) in [5.41, 5.74) is 0. The molecule has 0 amide bonds. The number of halogens is 1. The van der Waals surface area contributed by atoms with Gasteiger partial charge in [0.2, 0.25) is 0 Å². The Labute approximate surface area is 77.8 Å². The molecule has 3 nitrogen and oxygen atoms in total. The first-order valence-electron chi connectivity index (χ1n) is 4.06. The SMILES string of the molecule is Cc1nnc(CC(C)CCl)n1C. The second-order valence-corrected chi connectivity index (χ2v) is 3.49. The molecule has 0 fully saturated rings. The lowest BCUT2D eigenvalue weighted by molar-refractivity contribution is 0.604. The molecule has 68 valence electrons. The minimum atomic E-state index is 0.467. The second-order valence-electron chi connectivity index (χ2n) is 3.19. The van der Waals surface area contributed by atoms with E-state index in [9.17, 15) is 0 Å². The monoisotopic (exact) mass is 187 g/mol. The summed E-state index contributed by atoms with van der Waals surface area (Å²) in [6.45, 7) is 4.05. The van der Waals surface area contributed by atoms with Gasteiger partial charge in [-0.3, -0.25) is 0 Å². The number of hydrogen-bond donors (Lipinski definition) is 0. The zero-order valence-electron chi connectivity index (χ0n) is 7.71. The van der Waals surface area contributed by atoms with E-state index in [-0.39, 0.29) is 0 Å². The van der Waals surface area contributed by atoms with E-state index in [1.54, 1.807) is 0 Å². The Bertz CT molecular complexity index is 257. The molecule has 4 heteroatoms. The third-order valence-corrected chi connectivity index (χ3v) is 2.50. The molecule has 1 unspecified atom stereocenters. The number of rotatable bonds is 3. The normalized spacial score (nSPS) is 13.3. The smallest absolute Gasteiger partial charge is 0.133 e. The minimum Gasteiger partial charge on any atom is -0.318 e. The number of hydrogen-bond acceptors (Lipinski definition) is 2. The Morgan fingerprint density at radius 3 is 2.58 bits per heavy atom. The van der Waals surface area contributed by atoms with Gasteiger partial charge in [-0.2, -0.15) is 0 Å². The van der Waals surface area contributed by atoms with E-state index in [1.165, 1.54) is 0 Å². The first-order chi connectivity index (χ1) is 5.65. The predicted octanol–water partition coefficient (Wildman–Crippen LogP) is 1.54. The van der Waals surface area contributed by atoms with E-state index in [1.807, 2.05) is 18.5 Å². The highest BCUT2D eigenvalue weighted by Crippen LogP contribution is 2.07. The fourth-order valence-corrected chi connectivity index (χ4v) is 1.10. The van der Waals surface area contributed by atoms with Crippen LogP contribution in [0.5, 0.6) is 0 Å². The van der Waals surface area contributed by atoms with Gasteiger partial charge in [0, 0.05) is 19.3 Å². The number of alkyl halides is 1. The van der Waals surface area contributed by atoms with Crippen LogP contribution in [-0.2, 0) is 13.5 Å². The van der Waals surface area contributed by atoms with Crippen LogP contribution in [0.25, 0.3) is 0 Å². The summed E-state index contributed by atoms with van der Waals surface area (Å²) in [7, 11) is 1.98. The van der Waals surface area contributed by atoms with Gasteiger partial charge in [-0.1, -0.05) is 6.92 Å². The van der Waals surface area contributed by atoms with Crippen LogP contribution in [0.15, 0.2) is 0 Å². The van der Waals surface area contributed by atoms with Crippen molar-refractivity contribution in [2.24, 2.45) is 13.0 Å². The standard InChI is InChI=1S/C8H14ClN3/c1-6(5-9)4-8-11-10-7(2)12(8)3/h6H,4-5H2,1-3H3. The third-order valence-electron chi connectivity index (χ3n) is 1.98. The molecule has 0 saturated heterocycles. The topological polar surface area (TPSA) is 30.7 Å². The zero-order valence-corrected chi connectivity index (χ0v) is 8.47. The Morgan fingerprint density at radius 2 is 2.17 bits per heavy atom. The fourth-order valence-electron chi connectivity index (χ4n) is 0.995. The van der Waals surface area contributed by atoms with E-state index >= 15 is 0 Å². The Hall–Kier alpha value is -0.570. The molecule has 1 rings (SSSR count). The summed E-state index contributed by atoms with van der Waals surface area (Å²) >= 11 is 5.70. The molecule has 0 spiro atoms. The van der Waals surface area contributed by atoms with Crippen molar-refractivity contribution in [1.82, 2.24) is 14.8 Å². The van der Waals surface area contributed by atoms with Crippen LogP contribution < -0.4 is 0 Å². The number of aryl methyl sites for hydroxylation is 1. The van der Waals surface area contributed by atoms with Crippen molar-refractivity contribution in [3.63, 3.8) is 0 Å². The summed E-state index contributed by atoms with van der Waals surface area (Å²) in [6.07, 6.45) is 0.904. The van der Waals surface area contributed by atoms with Crippen LogP contribution in [0, 0.1) is 12.8 Å². The maximum atomic E-state index is 5.70. The molecule has 1 atom stereocenters. The molecule has 0 bridgehead atoms. The third kappa shape index (κ3) is 1.97. The summed E-state index contributed by atoms with van der Waals surface area (Å²) < 4.78 is 2.00. The quantitative estimate of drug-likeness (QED) is 0.673. The van der Waals surface area contributed by atoms with Gasteiger partial charge in [0.15, 0.2) is 0 Å². The number of aromatic nitrogens is 3. The average molecular weight is 188 g/mol. The molecular weight excluding hydrogens is 174 g/mol. The molecule has 0 aliphatic rings. The fraction of sp³-hybridized carbons (Fsp3) is 0.750. The molecular formula is C8H14ClN3. The van der Waals surface area contributed by atoms with Crippen LogP contribution in [0.2, 0.25) is 0 Å². The van der Waals surface area contributed by atoms with Gasteiger partial charge in [0.05, 0.1) is 0 Å². The molecule has 0 aliphatic carbocycles. The molecule has 0 N–H and O–H groups in total. The van der Waals surface area contributed by atoms with Crippen molar-refractivity contribution >= 4 is 11.6 Å². The van der Waals surface area contributed by atoms with Crippen molar-refractivity contribution in [2.45, 2.75) is 20.3 Å². The summed E-state index contributed by atoms with van der Waals surface area (Å²) in [5.74, 6) is 3.10. The molecule has 0 saturated carbocycles. The van der Waals surface area contributed by atoms with Crippen molar-refractivity contribution in [3.05, 3.63) is 11.6 Å². The zero-order chi connectivity index (χ0) is 9.14. The van der Waals surface area contributed by atoms with Gasteiger partial charge >= 0.3 is 0 Å². The van der Waals surface area contributed by atoms with Crippen LogP contribution >= 0.6 is 11.6 Å².